The summed E-state index contributed by atoms with van der Waals surface area (Å²) in [6.07, 6.45) is 3.24. The predicted molar refractivity (Wildman–Crippen MR) is 52.4 cm³/mol. The van der Waals surface area contributed by atoms with E-state index in [1.807, 2.05) is 25.3 Å². The van der Waals surface area contributed by atoms with Crippen molar-refractivity contribution in [3.8, 4) is 0 Å². The van der Waals surface area contributed by atoms with Gasteiger partial charge in [-0.05, 0) is 25.5 Å². The summed E-state index contributed by atoms with van der Waals surface area (Å²) in [5.41, 5.74) is 0.959. The van der Waals surface area contributed by atoms with Crippen LogP contribution in [0.15, 0.2) is 18.3 Å². The molecule has 0 radical (unpaired) electrons. The summed E-state index contributed by atoms with van der Waals surface area (Å²) in [5, 5.41) is 2.91. The number of aromatic nitrogens is 1. The lowest BCUT2D eigenvalue weighted by Crippen LogP contribution is -2.33. The topological polar surface area (TPSA) is 44.9 Å². The number of amides is 1. The molecule has 1 amide bonds. The van der Waals surface area contributed by atoms with Gasteiger partial charge >= 0.3 is 0 Å². The monoisotopic (exact) mass is 180 g/mol. The van der Waals surface area contributed by atoms with Crippen LogP contribution >= 0.6 is 0 Å². The van der Waals surface area contributed by atoms with Crippen molar-refractivity contribution >= 4 is 5.91 Å². The van der Waals surface area contributed by atoms with Crippen molar-refractivity contribution in [1.82, 2.24) is 10.3 Å². The predicted octanol–water partition coefficient (Wildman–Crippen LogP) is 1.47. The lowest BCUT2D eigenvalue weighted by atomic mass is 10.2. The molecule has 0 bridgehead atoms. The Morgan fingerprint density at radius 2 is 2.46 bits per heavy atom. The number of hydrogen-bond donors (Lipinski definition) is 2. The molecule has 3 heteroatoms. The van der Waals surface area contributed by atoms with Crippen LogP contribution in [0.25, 0.3) is 0 Å². The molecule has 1 aromatic heterocycles. The highest BCUT2D eigenvalue weighted by Crippen LogP contribution is 1.96. The highest BCUT2D eigenvalue weighted by Gasteiger charge is 2.06. The molecule has 1 rings (SSSR count). The van der Waals surface area contributed by atoms with Crippen molar-refractivity contribution < 1.29 is 4.79 Å². The molecular weight excluding hydrogens is 164 g/mol. The van der Waals surface area contributed by atoms with Gasteiger partial charge < -0.3 is 10.3 Å². The van der Waals surface area contributed by atoms with Gasteiger partial charge in [-0.15, -0.1) is 0 Å². The fourth-order valence-corrected chi connectivity index (χ4v) is 1.08. The van der Waals surface area contributed by atoms with Crippen molar-refractivity contribution in [2.24, 2.45) is 0 Å². The van der Waals surface area contributed by atoms with Crippen LogP contribution in [0.2, 0.25) is 0 Å². The third kappa shape index (κ3) is 3.32. The van der Waals surface area contributed by atoms with Gasteiger partial charge in [0, 0.05) is 17.9 Å². The van der Waals surface area contributed by atoms with Crippen molar-refractivity contribution in [3.63, 3.8) is 0 Å². The molecule has 1 aromatic rings. The zero-order valence-electron chi connectivity index (χ0n) is 8.13. The first kappa shape index (κ1) is 9.84. The molecule has 72 valence electrons. The van der Waals surface area contributed by atoms with Gasteiger partial charge in [-0.1, -0.05) is 6.92 Å². The summed E-state index contributed by atoms with van der Waals surface area (Å²) < 4.78 is 0. The lowest BCUT2D eigenvalue weighted by molar-refractivity contribution is -0.121. The Morgan fingerprint density at radius 1 is 1.69 bits per heavy atom. The molecule has 0 aliphatic heterocycles. The summed E-state index contributed by atoms with van der Waals surface area (Å²) >= 11 is 0. The molecule has 0 saturated heterocycles. The van der Waals surface area contributed by atoms with Crippen LogP contribution in [0.3, 0.4) is 0 Å². The fraction of sp³-hybridized carbons (Fsp3) is 0.500. The van der Waals surface area contributed by atoms with Gasteiger partial charge in [0.2, 0.25) is 5.91 Å². The standard InChI is InChI=1S/C10H16N2O/c1-3-8(2)12-10(13)7-9-5-4-6-11-9/h4-6,8,11H,3,7H2,1-2H3,(H,12,13). The molecule has 0 aliphatic rings. The summed E-state index contributed by atoms with van der Waals surface area (Å²) in [6.45, 7) is 4.06. The Balaban J connectivity index is 2.34. The molecule has 1 atom stereocenters. The molecule has 1 heterocycles. The fourth-order valence-electron chi connectivity index (χ4n) is 1.08. The van der Waals surface area contributed by atoms with Crippen molar-refractivity contribution in [1.29, 1.82) is 0 Å². The van der Waals surface area contributed by atoms with Gasteiger partial charge in [0.05, 0.1) is 6.42 Å². The normalized spacial score (nSPS) is 12.5. The Morgan fingerprint density at radius 3 is 3.00 bits per heavy atom. The number of hydrogen-bond acceptors (Lipinski definition) is 1. The number of carbonyl (C=O) groups excluding carboxylic acids is 1. The first-order chi connectivity index (χ1) is 6.22. The smallest absolute Gasteiger partial charge is 0.226 e. The lowest BCUT2D eigenvalue weighted by Gasteiger charge is -2.10. The number of carbonyl (C=O) groups is 1. The maximum Gasteiger partial charge on any atom is 0.226 e. The largest absolute Gasteiger partial charge is 0.365 e. The van der Waals surface area contributed by atoms with Gasteiger partial charge in [-0.2, -0.15) is 0 Å². The quantitative estimate of drug-likeness (QED) is 0.724. The minimum Gasteiger partial charge on any atom is -0.365 e. The zero-order valence-corrected chi connectivity index (χ0v) is 8.13. The third-order valence-corrected chi connectivity index (χ3v) is 2.03. The molecule has 1 unspecified atom stereocenters. The van der Waals surface area contributed by atoms with E-state index in [4.69, 9.17) is 0 Å². The second kappa shape index (κ2) is 4.70. The highest BCUT2D eigenvalue weighted by atomic mass is 16.1. The Hall–Kier alpha value is -1.25. The van der Waals surface area contributed by atoms with Crippen LogP contribution in [0.1, 0.15) is 26.0 Å². The van der Waals surface area contributed by atoms with Crippen LogP contribution in [0.4, 0.5) is 0 Å². The molecule has 0 aromatic carbocycles. The zero-order chi connectivity index (χ0) is 9.68. The second-order valence-corrected chi connectivity index (χ2v) is 3.25. The van der Waals surface area contributed by atoms with Crippen LogP contribution in [-0.2, 0) is 11.2 Å². The molecule has 0 spiro atoms. The van der Waals surface area contributed by atoms with Crippen LogP contribution in [-0.4, -0.2) is 16.9 Å². The van der Waals surface area contributed by atoms with Gasteiger partial charge in [0.15, 0.2) is 0 Å². The van der Waals surface area contributed by atoms with Crippen molar-refractivity contribution in [2.75, 3.05) is 0 Å². The van der Waals surface area contributed by atoms with Gasteiger partial charge in [0.25, 0.3) is 0 Å². The summed E-state index contributed by atoms with van der Waals surface area (Å²) in [4.78, 5) is 14.3. The Bertz CT molecular complexity index is 254. The Labute approximate surface area is 78.5 Å². The number of nitrogens with one attached hydrogen (secondary N) is 2. The van der Waals surface area contributed by atoms with E-state index in [2.05, 4.69) is 17.2 Å². The molecule has 0 aliphatic carbocycles. The van der Waals surface area contributed by atoms with E-state index in [9.17, 15) is 4.79 Å². The van der Waals surface area contributed by atoms with E-state index in [1.54, 1.807) is 0 Å². The SMILES string of the molecule is CCC(C)NC(=O)Cc1ccc[nH]1. The number of H-pyrrole nitrogens is 1. The molecule has 13 heavy (non-hydrogen) atoms. The van der Waals surface area contributed by atoms with Gasteiger partial charge in [-0.3, -0.25) is 4.79 Å². The van der Waals surface area contributed by atoms with E-state index in [-0.39, 0.29) is 11.9 Å². The first-order valence-corrected chi connectivity index (χ1v) is 4.64. The number of rotatable bonds is 4. The molecular formula is C10H16N2O. The van der Waals surface area contributed by atoms with Crippen LogP contribution < -0.4 is 5.32 Å². The van der Waals surface area contributed by atoms with Crippen molar-refractivity contribution in [2.45, 2.75) is 32.7 Å². The average molecular weight is 180 g/mol. The molecule has 0 fully saturated rings. The minimum absolute atomic E-state index is 0.0804. The summed E-state index contributed by atoms with van der Waals surface area (Å²) in [7, 11) is 0. The van der Waals surface area contributed by atoms with E-state index in [0.717, 1.165) is 12.1 Å². The average Bonchev–Trinajstić information content (AvgIpc) is 2.56. The summed E-state index contributed by atoms with van der Waals surface area (Å²) in [5.74, 6) is 0.0804. The van der Waals surface area contributed by atoms with E-state index < -0.39 is 0 Å². The molecule has 0 saturated carbocycles. The van der Waals surface area contributed by atoms with Gasteiger partial charge in [0.1, 0.15) is 0 Å². The van der Waals surface area contributed by atoms with E-state index >= 15 is 0 Å². The van der Waals surface area contributed by atoms with Crippen LogP contribution in [0, 0.1) is 0 Å². The van der Waals surface area contributed by atoms with E-state index in [1.165, 1.54) is 0 Å². The number of aromatic amines is 1. The first-order valence-electron chi connectivity index (χ1n) is 4.64. The Kier molecular flexibility index (Phi) is 3.55. The third-order valence-electron chi connectivity index (χ3n) is 2.03. The van der Waals surface area contributed by atoms with Gasteiger partial charge in [-0.25, -0.2) is 0 Å². The second-order valence-electron chi connectivity index (χ2n) is 3.25. The molecule has 3 nitrogen and oxygen atoms in total. The minimum atomic E-state index is 0.0804. The molecule has 2 N–H and O–H groups in total. The maximum absolute atomic E-state index is 11.3. The highest BCUT2D eigenvalue weighted by molar-refractivity contribution is 5.78. The maximum atomic E-state index is 11.3. The summed E-state index contributed by atoms with van der Waals surface area (Å²) in [6, 6.07) is 4.07. The van der Waals surface area contributed by atoms with Crippen LogP contribution in [0.5, 0.6) is 0 Å². The van der Waals surface area contributed by atoms with E-state index in [0.29, 0.717) is 6.42 Å². The van der Waals surface area contributed by atoms with Crippen molar-refractivity contribution in [3.05, 3.63) is 24.0 Å².